The molecule has 0 spiro atoms. The van der Waals surface area contributed by atoms with Crippen molar-refractivity contribution in [3.63, 3.8) is 0 Å². The lowest BCUT2D eigenvalue weighted by Crippen LogP contribution is -2.28. The van der Waals surface area contributed by atoms with Crippen LogP contribution in [0.15, 0.2) is 15.3 Å². The Bertz CT molecular complexity index is 1090. The number of aryl methyl sites for hydroxylation is 1. The van der Waals surface area contributed by atoms with Gasteiger partial charge in [0.2, 0.25) is 0 Å². The molecule has 0 bridgehead atoms. The van der Waals surface area contributed by atoms with E-state index < -0.39 is 5.60 Å². The second kappa shape index (κ2) is 5.47. The van der Waals surface area contributed by atoms with Gasteiger partial charge in [-0.1, -0.05) is 0 Å². The molecule has 1 aliphatic carbocycles. The van der Waals surface area contributed by atoms with Crippen molar-refractivity contribution in [3.8, 4) is 11.5 Å². The maximum Gasteiger partial charge on any atom is 0.339 e. The SMILES string of the molecule is CC1CCC(=O)c2c(c3c(c4c5c(c(=O)oc24)CCC5)OC(C)(C)C=C3)O1. The first-order valence-corrected chi connectivity index (χ1v) is 9.62. The Morgan fingerprint density at radius 1 is 1.07 bits per heavy atom. The summed E-state index contributed by atoms with van der Waals surface area (Å²) in [5.41, 5.74) is 2.37. The highest BCUT2D eigenvalue weighted by Gasteiger charge is 2.36. The minimum absolute atomic E-state index is 0.0403. The predicted octanol–water partition coefficient (Wildman–Crippen LogP) is 4.21. The molecule has 0 amide bonds. The highest BCUT2D eigenvalue weighted by atomic mass is 16.5. The van der Waals surface area contributed by atoms with Gasteiger partial charge in [0.05, 0.1) is 17.1 Å². The van der Waals surface area contributed by atoms with Crippen molar-refractivity contribution in [2.75, 3.05) is 0 Å². The number of ketones is 1. The highest BCUT2D eigenvalue weighted by molar-refractivity contribution is 6.13. The van der Waals surface area contributed by atoms with E-state index in [1.165, 1.54) is 0 Å². The van der Waals surface area contributed by atoms with Gasteiger partial charge in [-0.05, 0) is 64.2 Å². The minimum atomic E-state index is -0.490. The van der Waals surface area contributed by atoms with Crippen molar-refractivity contribution in [3.05, 3.63) is 38.7 Å². The summed E-state index contributed by atoms with van der Waals surface area (Å²) >= 11 is 0. The summed E-state index contributed by atoms with van der Waals surface area (Å²) in [6.45, 7) is 5.92. The molecule has 0 saturated heterocycles. The zero-order valence-corrected chi connectivity index (χ0v) is 15.8. The van der Waals surface area contributed by atoms with Gasteiger partial charge in [-0.15, -0.1) is 0 Å². The number of hydrogen-bond acceptors (Lipinski definition) is 5. The largest absolute Gasteiger partial charge is 0.489 e. The lowest BCUT2D eigenvalue weighted by atomic mass is 9.92. The van der Waals surface area contributed by atoms with Crippen molar-refractivity contribution in [1.29, 1.82) is 0 Å². The van der Waals surface area contributed by atoms with E-state index in [0.29, 0.717) is 41.9 Å². The first-order chi connectivity index (χ1) is 12.9. The predicted molar refractivity (Wildman–Crippen MR) is 102 cm³/mol. The number of Topliss-reactive ketones (excluding diaryl/α,β-unsaturated/α-hetero) is 1. The molecule has 5 heteroatoms. The molecule has 27 heavy (non-hydrogen) atoms. The zero-order valence-electron chi connectivity index (χ0n) is 15.8. The molecule has 1 unspecified atom stereocenters. The number of rotatable bonds is 0. The van der Waals surface area contributed by atoms with E-state index in [-0.39, 0.29) is 17.5 Å². The van der Waals surface area contributed by atoms with E-state index in [1.807, 2.05) is 32.9 Å². The minimum Gasteiger partial charge on any atom is -0.489 e. The summed E-state index contributed by atoms with van der Waals surface area (Å²) in [4.78, 5) is 25.6. The summed E-state index contributed by atoms with van der Waals surface area (Å²) < 4.78 is 18.2. The molecular weight excluding hydrogens is 344 g/mol. The molecule has 140 valence electrons. The monoisotopic (exact) mass is 366 g/mol. The number of hydrogen-bond donors (Lipinski definition) is 0. The number of carbonyl (C=O) groups is 1. The van der Waals surface area contributed by atoms with E-state index in [2.05, 4.69) is 0 Å². The van der Waals surface area contributed by atoms with Crippen LogP contribution in [0.2, 0.25) is 0 Å². The fraction of sp³-hybridized carbons (Fsp3) is 0.455. The van der Waals surface area contributed by atoms with Crippen molar-refractivity contribution >= 4 is 22.8 Å². The van der Waals surface area contributed by atoms with Crippen molar-refractivity contribution < 1.29 is 18.7 Å². The van der Waals surface area contributed by atoms with Crippen LogP contribution in [-0.4, -0.2) is 17.5 Å². The number of fused-ring (bicyclic) bond motifs is 8. The molecule has 2 aliphatic heterocycles. The van der Waals surface area contributed by atoms with Gasteiger partial charge >= 0.3 is 5.63 Å². The molecule has 0 fully saturated rings. The van der Waals surface area contributed by atoms with Crippen LogP contribution in [0.3, 0.4) is 0 Å². The van der Waals surface area contributed by atoms with E-state index in [9.17, 15) is 9.59 Å². The molecule has 0 radical (unpaired) electrons. The van der Waals surface area contributed by atoms with Crippen LogP contribution in [0.5, 0.6) is 11.5 Å². The van der Waals surface area contributed by atoms with E-state index >= 15 is 0 Å². The molecule has 1 aromatic heterocycles. The number of carbonyl (C=O) groups excluding carboxylic acids is 1. The Balaban J connectivity index is 1.98. The third-order valence-corrected chi connectivity index (χ3v) is 5.75. The maximum atomic E-state index is 13.0. The summed E-state index contributed by atoms with van der Waals surface area (Å²) in [7, 11) is 0. The fourth-order valence-corrected chi connectivity index (χ4v) is 4.41. The molecule has 0 N–H and O–H groups in total. The first-order valence-electron chi connectivity index (χ1n) is 9.62. The first kappa shape index (κ1) is 16.6. The van der Waals surface area contributed by atoms with Crippen molar-refractivity contribution in [2.45, 2.75) is 64.6 Å². The van der Waals surface area contributed by atoms with Gasteiger partial charge in [0.15, 0.2) is 11.4 Å². The molecular formula is C22H22O5. The van der Waals surface area contributed by atoms with Gasteiger partial charge in [0, 0.05) is 12.0 Å². The van der Waals surface area contributed by atoms with Gasteiger partial charge in [0.1, 0.15) is 22.7 Å². The van der Waals surface area contributed by atoms with E-state index in [1.54, 1.807) is 0 Å². The third-order valence-electron chi connectivity index (χ3n) is 5.75. The zero-order chi connectivity index (χ0) is 18.9. The van der Waals surface area contributed by atoms with Gasteiger partial charge in [-0.25, -0.2) is 4.79 Å². The standard InChI is InChI=1S/C22H22O5/c1-11-7-8-15(23)17-18(25-11)14-9-10-22(2,3)27-19(14)16-12-5-4-6-13(12)21(24)26-20(16)17/h9-11H,4-8H2,1-3H3. The molecule has 5 rings (SSSR count). The molecule has 3 heterocycles. The van der Waals surface area contributed by atoms with Gasteiger partial charge in [0.25, 0.3) is 0 Å². The van der Waals surface area contributed by atoms with Crippen LogP contribution in [-0.2, 0) is 12.8 Å². The van der Waals surface area contributed by atoms with Crippen LogP contribution in [0, 0.1) is 0 Å². The number of ether oxygens (including phenoxy) is 2. The average molecular weight is 366 g/mol. The summed E-state index contributed by atoms with van der Waals surface area (Å²) in [6, 6.07) is 0. The lowest BCUT2D eigenvalue weighted by Gasteiger charge is -2.31. The second-order valence-electron chi connectivity index (χ2n) is 8.28. The third kappa shape index (κ3) is 2.37. The Labute approximate surface area is 157 Å². The topological polar surface area (TPSA) is 65.7 Å². The quantitative estimate of drug-likeness (QED) is 0.654. The van der Waals surface area contributed by atoms with Gasteiger partial charge in [-0.2, -0.15) is 0 Å². The van der Waals surface area contributed by atoms with E-state index in [4.69, 9.17) is 13.9 Å². The van der Waals surface area contributed by atoms with Crippen molar-refractivity contribution in [1.82, 2.24) is 0 Å². The molecule has 5 nitrogen and oxygen atoms in total. The molecule has 3 aliphatic rings. The van der Waals surface area contributed by atoms with E-state index in [0.717, 1.165) is 34.9 Å². The highest BCUT2D eigenvalue weighted by Crippen LogP contribution is 2.49. The van der Waals surface area contributed by atoms with Crippen LogP contribution in [0.1, 0.15) is 67.1 Å². The molecule has 0 saturated carbocycles. The van der Waals surface area contributed by atoms with Crippen molar-refractivity contribution in [2.24, 2.45) is 0 Å². The number of benzene rings is 1. The van der Waals surface area contributed by atoms with Gasteiger partial charge in [-0.3, -0.25) is 4.79 Å². The fourth-order valence-electron chi connectivity index (χ4n) is 4.41. The average Bonchev–Trinajstić information content (AvgIpc) is 3.03. The summed E-state index contributed by atoms with van der Waals surface area (Å²) in [5, 5.41) is 0.778. The van der Waals surface area contributed by atoms with Crippen LogP contribution < -0.4 is 15.1 Å². The Kier molecular flexibility index (Phi) is 3.37. The van der Waals surface area contributed by atoms with Crippen LogP contribution in [0.4, 0.5) is 0 Å². The molecule has 1 aromatic carbocycles. The Morgan fingerprint density at radius 2 is 1.85 bits per heavy atom. The molecule has 1 atom stereocenters. The van der Waals surface area contributed by atoms with Gasteiger partial charge < -0.3 is 13.9 Å². The maximum absolute atomic E-state index is 13.0. The Morgan fingerprint density at radius 3 is 2.67 bits per heavy atom. The smallest absolute Gasteiger partial charge is 0.339 e. The Hall–Kier alpha value is -2.56. The summed E-state index contributed by atoms with van der Waals surface area (Å²) in [5.74, 6) is 1.11. The van der Waals surface area contributed by atoms with Crippen LogP contribution >= 0.6 is 0 Å². The normalized spacial score (nSPS) is 22.5. The lowest BCUT2D eigenvalue weighted by molar-refractivity contribution is 0.0979. The van der Waals surface area contributed by atoms with Crippen LogP contribution in [0.25, 0.3) is 17.0 Å². The molecule has 2 aromatic rings. The second-order valence-corrected chi connectivity index (χ2v) is 8.28. The summed E-state index contributed by atoms with van der Waals surface area (Å²) in [6.07, 6.45) is 7.28.